The van der Waals surface area contributed by atoms with Gasteiger partial charge in [0.15, 0.2) is 6.29 Å². The van der Waals surface area contributed by atoms with E-state index in [1.54, 1.807) is 0 Å². The lowest BCUT2D eigenvalue weighted by molar-refractivity contribution is -0.147. The molecule has 0 aromatic carbocycles. The topological polar surface area (TPSA) is 60.5 Å². The molecule has 0 radical (unpaired) electrons. The molecule has 6 heteroatoms. The molecule has 5 fully saturated rings. The Labute approximate surface area is 155 Å². The average molecular weight is 365 g/mol. The molecule has 1 spiro atoms. The summed E-state index contributed by atoms with van der Waals surface area (Å²) in [5, 5.41) is 0. The number of carbonyl (C=O) groups is 1. The van der Waals surface area contributed by atoms with E-state index in [2.05, 4.69) is 11.8 Å². The summed E-state index contributed by atoms with van der Waals surface area (Å²) in [6.07, 6.45) is 5.69. The van der Waals surface area contributed by atoms with Crippen molar-refractivity contribution in [1.82, 2.24) is 4.90 Å². The lowest BCUT2D eigenvalue weighted by atomic mass is 9.53. The monoisotopic (exact) mass is 365 g/mol. The number of rotatable bonds is 4. The Hall–Kier alpha value is -0.690. The fourth-order valence-electron chi connectivity index (χ4n) is 6.34. The summed E-state index contributed by atoms with van der Waals surface area (Å²) < 4.78 is 23.0. The first-order valence-electron chi connectivity index (χ1n) is 10.3. The zero-order valence-electron chi connectivity index (χ0n) is 15.9. The maximum Gasteiger partial charge on any atom is 0.310 e. The summed E-state index contributed by atoms with van der Waals surface area (Å²) in [5.74, 6) is 0.864. The molecular weight excluding hydrogens is 334 g/mol. The molecule has 26 heavy (non-hydrogen) atoms. The van der Waals surface area contributed by atoms with Gasteiger partial charge in [0.2, 0.25) is 0 Å². The van der Waals surface area contributed by atoms with Crippen LogP contribution in [0.3, 0.4) is 0 Å². The van der Waals surface area contributed by atoms with Crippen LogP contribution in [0, 0.1) is 23.2 Å². The molecule has 2 aliphatic carbocycles. The normalized spacial score (nSPS) is 47.9. The maximum atomic E-state index is 12.7. The van der Waals surface area contributed by atoms with Gasteiger partial charge in [-0.05, 0) is 50.5 Å². The molecular formula is C20H31NO5. The molecule has 3 saturated heterocycles. The number of epoxide rings is 1. The van der Waals surface area contributed by atoms with Crippen LogP contribution in [0.15, 0.2) is 0 Å². The Kier molecular flexibility index (Phi) is 4.12. The average Bonchev–Trinajstić information content (AvgIpc) is 3.04. The Balaban J connectivity index is 1.29. The van der Waals surface area contributed by atoms with Crippen LogP contribution >= 0.6 is 0 Å². The van der Waals surface area contributed by atoms with Crippen LogP contribution in [0.25, 0.3) is 0 Å². The summed E-state index contributed by atoms with van der Waals surface area (Å²) >= 11 is 0. The minimum absolute atomic E-state index is 0.00637. The molecule has 2 saturated carbocycles. The molecule has 0 aromatic heterocycles. The fourth-order valence-corrected chi connectivity index (χ4v) is 6.34. The largest absolute Gasteiger partial charge is 0.462 e. The fraction of sp³-hybridized carbons (Fsp3) is 0.950. The van der Waals surface area contributed by atoms with Crippen LogP contribution < -0.4 is 0 Å². The van der Waals surface area contributed by atoms with Crippen molar-refractivity contribution in [3.63, 3.8) is 0 Å². The first-order valence-corrected chi connectivity index (χ1v) is 10.3. The Morgan fingerprint density at radius 1 is 1.19 bits per heavy atom. The second-order valence-electron chi connectivity index (χ2n) is 9.49. The summed E-state index contributed by atoms with van der Waals surface area (Å²) in [6.45, 7) is 6.07. The van der Waals surface area contributed by atoms with Gasteiger partial charge in [-0.1, -0.05) is 6.92 Å². The predicted octanol–water partition coefficient (Wildman–Crippen LogP) is 1.82. The minimum Gasteiger partial charge on any atom is -0.462 e. The van der Waals surface area contributed by atoms with Crippen molar-refractivity contribution in [3.05, 3.63) is 0 Å². The third kappa shape index (κ3) is 2.81. The zero-order chi connectivity index (χ0) is 17.9. The number of likely N-dealkylation sites (N-methyl/N-ethyl adjacent to an activating group) is 1. The lowest BCUT2D eigenvalue weighted by Crippen LogP contribution is -2.51. The smallest absolute Gasteiger partial charge is 0.310 e. The van der Waals surface area contributed by atoms with Crippen molar-refractivity contribution >= 4 is 5.97 Å². The quantitative estimate of drug-likeness (QED) is 0.559. The van der Waals surface area contributed by atoms with E-state index in [9.17, 15) is 4.79 Å². The Morgan fingerprint density at radius 3 is 2.69 bits per heavy atom. The van der Waals surface area contributed by atoms with E-state index in [0.717, 1.165) is 26.0 Å². The lowest BCUT2D eigenvalue weighted by Gasteiger charge is -2.51. The van der Waals surface area contributed by atoms with E-state index in [1.807, 2.05) is 7.05 Å². The van der Waals surface area contributed by atoms with Crippen LogP contribution in [0.2, 0.25) is 0 Å². The SMILES string of the molecule is CN(CC1OCCO1)C[C@@H]1C(=O)O[C@@H]2C[C@@]3(C)CCC[C@]4(CO4)[C@@H]3C[C@H]12. The highest BCUT2D eigenvalue weighted by atomic mass is 16.7. The number of hydrogen-bond donors (Lipinski definition) is 0. The van der Waals surface area contributed by atoms with Crippen molar-refractivity contribution in [1.29, 1.82) is 0 Å². The number of carbonyl (C=O) groups excluding carboxylic acids is 1. The second-order valence-corrected chi connectivity index (χ2v) is 9.49. The van der Waals surface area contributed by atoms with Gasteiger partial charge in [0.05, 0.1) is 31.3 Å². The first-order chi connectivity index (χ1) is 12.5. The third-order valence-corrected chi connectivity index (χ3v) is 7.74. The molecule has 146 valence electrons. The summed E-state index contributed by atoms with van der Waals surface area (Å²) in [4.78, 5) is 14.8. The molecule has 6 atom stereocenters. The van der Waals surface area contributed by atoms with Gasteiger partial charge < -0.3 is 23.8 Å². The van der Waals surface area contributed by atoms with E-state index < -0.39 is 0 Å². The van der Waals surface area contributed by atoms with E-state index in [-0.39, 0.29) is 35.3 Å². The summed E-state index contributed by atoms with van der Waals surface area (Å²) in [6, 6.07) is 0. The number of ether oxygens (including phenoxy) is 4. The molecule has 0 bridgehead atoms. The molecule has 0 amide bonds. The van der Waals surface area contributed by atoms with Crippen LogP contribution in [0.4, 0.5) is 0 Å². The van der Waals surface area contributed by atoms with Crippen molar-refractivity contribution in [3.8, 4) is 0 Å². The second kappa shape index (κ2) is 6.16. The molecule has 0 aromatic rings. The first kappa shape index (κ1) is 17.4. The highest BCUT2D eigenvalue weighted by Gasteiger charge is 2.65. The molecule has 3 aliphatic heterocycles. The van der Waals surface area contributed by atoms with Crippen molar-refractivity contribution in [2.75, 3.05) is 40.0 Å². The zero-order valence-corrected chi connectivity index (χ0v) is 15.9. The van der Waals surface area contributed by atoms with Gasteiger partial charge in [-0.25, -0.2) is 0 Å². The molecule has 0 unspecified atom stereocenters. The maximum absolute atomic E-state index is 12.7. The number of fused-ring (bicyclic) bond motifs is 3. The van der Waals surface area contributed by atoms with Gasteiger partial charge in [-0.2, -0.15) is 0 Å². The van der Waals surface area contributed by atoms with Gasteiger partial charge >= 0.3 is 5.97 Å². The van der Waals surface area contributed by atoms with E-state index in [1.165, 1.54) is 19.3 Å². The minimum atomic E-state index is -0.163. The van der Waals surface area contributed by atoms with Gasteiger partial charge in [0, 0.05) is 19.0 Å². The molecule has 6 nitrogen and oxygen atoms in total. The highest BCUT2D eigenvalue weighted by molar-refractivity contribution is 5.75. The summed E-state index contributed by atoms with van der Waals surface area (Å²) in [7, 11) is 2.05. The summed E-state index contributed by atoms with van der Waals surface area (Å²) in [5.41, 5.74) is 0.383. The van der Waals surface area contributed by atoms with Crippen molar-refractivity contribution < 1.29 is 23.7 Å². The van der Waals surface area contributed by atoms with E-state index >= 15 is 0 Å². The number of hydrogen-bond acceptors (Lipinski definition) is 6. The van der Waals surface area contributed by atoms with Crippen molar-refractivity contribution in [2.45, 2.75) is 57.0 Å². The molecule has 5 aliphatic rings. The molecule has 5 rings (SSSR count). The van der Waals surface area contributed by atoms with Crippen molar-refractivity contribution in [2.24, 2.45) is 23.2 Å². The van der Waals surface area contributed by atoms with Gasteiger partial charge in [0.1, 0.15) is 6.10 Å². The third-order valence-electron chi connectivity index (χ3n) is 7.74. The standard InChI is InChI=1S/C20H31NO5/c1-19-4-3-5-20(12-25-20)16(19)8-13-14(18(22)26-15(13)9-19)10-21(2)11-17-23-6-7-24-17/h13-17H,3-12H2,1-2H3/t13-,14+,15-,16-,19-,20+/m1/s1. The van der Waals surface area contributed by atoms with Crippen LogP contribution in [-0.4, -0.2) is 68.8 Å². The predicted molar refractivity (Wildman–Crippen MR) is 93.4 cm³/mol. The number of esters is 1. The highest BCUT2D eigenvalue weighted by Crippen LogP contribution is 2.62. The Bertz CT molecular complexity index is 573. The van der Waals surface area contributed by atoms with E-state index in [4.69, 9.17) is 18.9 Å². The van der Waals surface area contributed by atoms with Gasteiger partial charge in [-0.15, -0.1) is 0 Å². The van der Waals surface area contributed by atoms with Crippen LogP contribution in [0.5, 0.6) is 0 Å². The Morgan fingerprint density at radius 2 is 1.96 bits per heavy atom. The van der Waals surface area contributed by atoms with E-state index in [0.29, 0.717) is 31.6 Å². The molecule has 0 N–H and O–H groups in total. The van der Waals surface area contributed by atoms with Crippen LogP contribution in [0.1, 0.15) is 39.0 Å². The van der Waals surface area contributed by atoms with Gasteiger partial charge in [-0.3, -0.25) is 4.79 Å². The van der Waals surface area contributed by atoms with Crippen LogP contribution in [-0.2, 0) is 23.7 Å². The van der Waals surface area contributed by atoms with Gasteiger partial charge in [0.25, 0.3) is 0 Å². The molecule has 3 heterocycles. The number of nitrogens with zero attached hydrogens (tertiary/aromatic N) is 1.